The molecule has 1 aromatic carbocycles. The Morgan fingerprint density at radius 3 is 2.90 bits per heavy atom. The van der Waals surface area contributed by atoms with Gasteiger partial charge < -0.3 is 15.0 Å². The SMILES string of the molecule is CC1(C(=O)O)CCCN1C(=O)c1ccc2cc[nH]c2c1. The van der Waals surface area contributed by atoms with Crippen molar-refractivity contribution in [1.29, 1.82) is 0 Å². The molecule has 0 saturated carbocycles. The molecule has 1 aromatic heterocycles. The number of nitrogens with one attached hydrogen (secondary N) is 1. The maximum absolute atomic E-state index is 12.6. The van der Waals surface area contributed by atoms with Crippen molar-refractivity contribution < 1.29 is 14.7 Å². The Morgan fingerprint density at radius 2 is 2.15 bits per heavy atom. The van der Waals surface area contributed by atoms with Gasteiger partial charge in [0.05, 0.1) is 0 Å². The van der Waals surface area contributed by atoms with E-state index < -0.39 is 11.5 Å². The number of aromatic amines is 1. The van der Waals surface area contributed by atoms with E-state index in [1.807, 2.05) is 18.3 Å². The largest absolute Gasteiger partial charge is 0.480 e. The van der Waals surface area contributed by atoms with E-state index >= 15 is 0 Å². The van der Waals surface area contributed by atoms with Crippen molar-refractivity contribution in [3.63, 3.8) is 0 Å². The second kappa shape index (κ2) is 4.37. The van der Waals surface area contributed by atoms with Crippen LogP contribution in [-0.4, -0.2) is 39.0 Å². The fourth-order valence-corrected chi connectivity index (χ4v) is 2.85. The molecule has 5 heteroatoms. The second-order valence-electron chi connectivity index (χ2n) is 5.42. The van der Waals surface area contributed by atoms with Crippen molar-refractivity contribution in [2.75, 3.05) is 6.54 Å². The predicted molar refractivity (Wildman–Crippen MR) is 74.6 cm³/mol. The number of amides is 1. The average Bonchev–Trinajstić information content (AvgIpc) is 3.03. The van der Waals surface area contributed by atoms with Gasteiger partial charge in [0.1, 0.15) is 5.54 Å². The third-order valence-corrected chi connectivity index (χ3v) is 4.15. The van der Waals surface area contributed by atoms with Crippen molar-refractivity contribution in [2.45, 2.75) is 25.3 Å². The minimum absolute atomic E-state index is 0.219. The van der Waals surface area contributed by atoms with Crippen LogP contribution in [0.2, 0.25) is 0 Å². The standard InChI is InChI=1S/C15H16N2O3/c1-15(14(19)20)6-2-8-17(15)13(18)11-4-3-10-5-7-16-12(10)9-11/h3-5,7,9,16H,2,6,8H2,1H3,(H,19,20). The molecule has 2 N–H and O–H groups in total. The van der Waals surface area contributed by atoms with Crippen molar-refractivity contribution >= 4 is 22.8 Å². The quantitative estimate of drug-likeness (QED) is 0.880. The van der Waals surface area contributed by atoms with Crippen molar-refractivity contribution in [3.05, 3.63) is 36.0 Å². The molecular formula is C15H16N2O3. The molecule has 1 atom stereocenters. The summed E-state index contributed by atoms with van der Waals surface area (Å²) in [7, 11) is 0. The minimum Gasteiger partial charge on any atom is -0.480 e. The lowest BCUT2D eigenvalue weighted by Crippen LogP contribution is -2.50. The second-order valence-corrected chi connectivity index (χ2v) is 5.42. The van der Waals surface area contributed by atoms with Crippen LogP contribution in [0.25, 0.3) is 10.9 Å². The van der Waals surface area contributed by atoms with Gasteiger partial charge >= 0.3 is 5.97 Å². The van der Waals surface area contributed by atoms with Gasteiger partial charge in [0, 0.05) is 23.8 Å². The molecule has 0 spiro atoms. The Kier molecular flexibility index (Phi) is 2.78. The molecule has 3 rings (SSSR count). The summed E-state index contributed by atoms with van der Waals surface area (Å²) in [6.45, 7) is 2.11. The van der Waals surface area contributed by atoms with E-state index in [0.29, 0.717) is 18.5 Å². The van der Waals surface area contributed by atoms with Crippen molar-refractivity contribution in [1.82, 2.24) is 9.88 Å². The van der Waals surface area contributed by atoms with Crippen molar-refractivity contribution in [3.8, 4) is 0 Å². The van der Waals surface area contributed by atoms with E-state index in [2.05, 4.69) is 4.98 Å². The smallest absolute Gasteiger partial charge is 0.329 e. The molecule has 2 aromatic rings. The molecule has 1 fully saturated rings. The Balaban J connectivity index is 1.97. The lowest BCUT2D eigenvalue weighted by atomic mass is 9.98. The number of hydrogen-bond acceptors (Lipinski definition) is 2. The fraction of sp³-hybridized carbons (Fsp3) is 0.333. The number of hydrogen-bond donors (Lipinski definition) is 2. The van der Waals surface area contributed by atoms with Gasteiger partial charge in [-0.3, -0.25) is 4.79 Å². The lowest BCUT2D eigenvalue weighted by Gasteiger charge is -2.31. The van der Waals surface area contributed by atoms with Crippen LogP contribution in [0.4, 0.5) is 0 Å². The van der Waals surface area contributed by atoms with Crippen LogP contribution >= 0.6 is 0 Å². The molecule has 0 bridgehead atoms. The van der Waals surface area contributed by atoms with Gasteiger partial charge in [-0.15, -0.1) is 0 Å². The summed E-state index contributed by atoms with van der Waals surface area (Å²) < 4.78 is 0. The maximum atomic E-state index is 12.6. The zero-order chi connectivity index (χ0) is 14.3. The number of likely N-dealkylation sites (tertiary alicyclic amines) is 1. The summed E-state index contributed by atoms with van der Waals surface area (Å²) in [5, 5.41) is 10.4. The first kappa shape index (κ1) is 12.7. The van der Waals surface area contributed by atoms with E-state index in [1.54, 1.807) is 19.1 Å². The molecule has 1 aliphatic heterocycles. The lowest BCUT2D eigenvalue weighted by molar-refractivity contribution is -0.147. The van der Waals surface area contributed by atoms with Crippen LogP contribution in [0.15, 0.2) is 30.5 Å². The molecule has 1 aliphatic rings. The minimum atomic E-state index is -1.10. The van der Waals surface area contributed by atoms with E-state index in [9.17, 15) is 14.7 Å². The number of carboxylic acid groups (broad SMARTS) is 1. The number of nitrogens with zero attached hydrogens (tertiary/aromatic N) is 1. The number of H-pyrrole nitrogens is 1. The number of benzene rings is 1. The molecule has 1 amide bonds. The summed E-state index contributed by atoms with van der Waals surface area (Å²) in [5.74, 6) is -1.16. The summed E-state index contributed by atoms with van der Waals surface area (Å²) in [6.07, 6.45) is 3.04. The van der Waals surface area contributed by atoms with Gasteiger partial charge in [0.25, 0.3) is 5.91 Å². The Labute approximate surface area is 116 Å². The van der Waals surface area contributed by atoms with Gasteiger partial charge in [0.2, 0.25) is 0 Å². The van der Waals surface area contributed by atoms with Crippen LogP contribution in [0.1, 0.15) is 30.1 Å². The molecule has 0 radical (unpaired) electrons. The average molecular weight is 272 g/mol. The number of aromatic nitrogens is 1. The van der Waals surface area contributed by atoms with Crippen LogP contribution in [0.3, 0.4) is 0 Å². The zero-order valence-corrected chi connectivity index (χ0v) is 11.2. The van der Waals surface area contributed by atoms with E-state index in [-0.39, 0.29) is 5.91 Å². The Bertz CT molecular complexity index is 691. The van der Waals surface area contributed by atoms with Crippen LogP contribution in [0, 0.1) is 0 Å². The Hall–Kier alpha value is -2.30. The number of carbonyl (C=O) groups excluding carboxylic acids is 1. The zero-order valence-electron chi connectivity index (χ0n) is 11.2. The van der Waals surface area contributed by atoms with Gasteiger partial charge in [0.15, 0.2) is 0 Å². The first-order valence-corrected chi connectivity index (χ1v) is 6.65. The number of fused-ring (bicyclic) bond motifs is 1. The maximum Gasteiger partial charge on any atom is 0.329 e. The van der Waals surface area contributed by atoms with E-state index in [0.717, 1.165) is 17.3 Å². The first-order chi connectivity index (χ1) is 9.52. The summed E-state index contributed by atoms with van der Waals surface area (Å²) >= 11 is 0. The number of carboxylic acids is 1. The molecule has 0 aliphatic carbocycles. The highest BCUT2D eigenvalue weighted by molar-refractivity contribution is 6.00. The van der Waals surface area contributed by atoms with E-state index in [1.165, 1.54) is 4.90 Å². The molecular weight excluding hydrogens is 256 g/mol. The molecule has 104 valence electrons. The molecule has 5 nitrogen and oxygen atoms in total. The first-order valence-electron chi connectivity index (χ1n) is 6.65. The summed E-state index contributed by atoms with van der Waals surface area (Å²) in [4.78, 5) is 28.6. The summed E-state index contributed by atoms with van der Waals surface area (Å²) in [5.41, 5.74) is 0.309. The molecule has 1 saturated heterocycles. The highest BCUT2D eigenvalue weighted by Gasteiger charge is 2.46. The normalized spacial score (nSPS) is 22.4. The van der Waals surface area contributed by atoms with Crippen LogP contribution in [-0.2, 0) is 4.79 Å². The van der Waals surface area contributed by atoms with Gasteiger partial charge in [-0.05, 0) is 43.4 Å². The van der Waals surface area contributed by atoms with Gasteiger partial charge in [-0.1, -0.05) is 6.07 Å². The van der Waals surface area contributed by atoms with Gasteiger partial charge in [-0.2, -0.15) is 0 Å². The van der Waals surface area contributed by atoms with E-state index in [4.69, 9.17) is 0 Å². The fourth-order valence-electron chi connectivity index (χ4n) is 2.85. The molecule has 1 unspecified atom stereocenters. The van der Waals surface area contributed by atoms with Gasteiger partial charge in [-0.25, -0.2) is 4.79 Å². The third-order valence-electron chi connectivity index (χ3n) is 4.15. The van der Waals surface area contributed by atoms with Crippen molar-refractivity contribution in [2.24, 2.45) is 0 Å². The monoisotopic (exact) mass is 272 g/mol. The highest BCUT2D eigenvalue weighted by Crippen LogP contribution is 2.31. The van der Waals surface area contributed by atoms with Crippen LogP contribution < -0.4 is 0 Å². The van der Waals surface area contributed by atoms with Crippen LogP contribution in [0.5, 0.6) is 0 Å². The number of aliphatic carboxylic acids is 1. The number of rotatable bonds is 2. The highest BCUT2D eigenvalue weighted by atomic mass is 16.4. The third kappa shape index (κ3) is 1.78. The molecule has 20 heavy (non-hydrogen) atoms. The number of carbonyl (C=O) groups is 2. The predicted octanol–water partition coefficient (Wildman–Crippen LogP) is 2.25. The summed E-state index contributed by atoms with van der Waals surface area (Å²) in [6, 6.07) is 7.32. The molecule has 2 heterocycles. The Morgan fingerprint density at radius 1 is 1.35 bits per heavy atom. The topological polar surface area (TPSA) is 73.4 Å².